The molecule has 3 aromatic carbocycles. The van der Waals surface area contributed by atoms with Gasteiger partial charge >= 0.3 is 6.18 Å². The van der Waals surface area contributed by atoms with Crippen molar-refractivity contribution in [2.45, 2.75) is 29.3 Å². The van der Waals surface area contributed by atoms with E-state index in [0.717, 1.165) is 6.07 Å². The van der Waals surface area contributed by atoms with Crippen LogP contribution in [0.25, 0.3) is 0 Å². The number of carbonyl (C=O) groups is 3. The maximum absolute atomic E-state index is 14.6. The fourth-order valence-electron chi connectivity index (χ4n) is 4.36. The Hall–Kier alpha value is -2.57. The molecular formula is C27H13Cl5F7NO3. The Labute approximate surface area is 263 Å². The highest BCUT2D eigenvalue weighted by Gasteiger charge is 2.67. The lowest BCUT2D eigenvalue weighted by molar-refractivity contribution is -0.170. The molecule has 0 aliphatic heterocycles. The minimum Gasteiger partial charge on any atom is -0.326 e. The lowest BCUT2D eigenvalue weighted by Gasteiger charge is -2.11. The minimum absolute atomic E-state index is 0.0500. The zero-order valence-corrected chi connectivity index (χ0v) is 24.6. The zero-order chi connectivity index (χ0) is 32.2. The van der Waals surface area contributed by atoms with Gasteiger partial charge in [0.15, 0.2) is 17.4 Å². The molecule has 16 heteroatoms. The molecule has 1 aliphatic rings. The molecule has 228 valence electrons. The fourth-order valence-corrected chi connectivity index (χ4v) is 5.80. The molecule has 0 radical (unpaired) electrons. The molecule has 0 bridgehead atoms. The van der Waals surface area contributed by atoms with Crippen molar-refractivity contribution in [1.82, 2.24) is 0 Å². The van der Waals surface area contributed by atoms with Crippen LogP contribution in [0.3, 0.4) is 0 Å². The van der Waals surface area contributed by atoms with Crippen molar-refractivity contribution in [2.75, 3.05) is 5.32 Å². The van der Waals surface area contributed by atoms with E-state index in [-0.39, 0.29) is 21.1 Å². The van der Waals surface area contributed by atoms with Gasteiger partial charge in [-0.1, -0.05) is 34.8 Å². The number of benzene rings is 3. The number of alkyl halides is 5. The first-order valence-electron chi connectivity index (χ1n) is 11.7. The molecule has 1 N–H and O–H groups in total. The minimum atomic E-state index is -5.30. The van der Waals surface area contributed by atoms with Crippen molar-refractivity contribution in [3.63, 3.8) is 0 Å². The average Bonchev–Trinajstić information content (AvgIpc) is 3.48. The highest BCUT2D eigenvalue weighted by molar-refractivity contribution is 6.54. The summed E-state index contributed by atoms with van der Waals surface area (Å²) in [5.41, 5.74) is -2.61. The molecule has 1 amide bonds. The van der Waals surface area contributed by atoms with Crippen molar-refractivity contribution in [3.8, 4) is 0 Å². The maximum atomic E-state index is 14.6. The van der Waals surface area contributed by atoms with Crippen LogP contribution < -0.4 is 5.32 Å². The van der Waals surface area contributed by atoms with Gasteiger partial charge in [-0.05, 0) is 41.0 Å². The molecule has 1 saturated carbocycles. The second-order valence-electron chi connectivity index (χ2n) is 9.47. The largest absolute Gasteiger partial charge is 0.450 e. The number of hydrogen-bond acceptors (Lipinski definition) is 3. The van der Waals surface area contributed by atoms with Crippen LogP contribution in [-0.4, -0.2) is 28.0 Å². The number of nitrogens with one attached hydrogen (secondary N) is 1. The molecule has 0 unspecified atom stereocenters. The quantitative estimate of drug-likeness (QED) is 0.110. The molecule has 1 aliphatic carbocycles. The van der Waals surface area contributed by atoms with Gasteiger partial charge in [0, 0.05) is 36.6 Å². The van der Waals surface area contributed by atoms with Gasteiger partial charge in [0.25, 0.3) is 0 Å². The van der Waals surface area contributed by atoms with Gasteiger partial charge in [-0.15, -0.1) is 23.2 Å². The third-order valence-electron chi connectivity index (χ3n) is 6.53. The number of rotatable bonds is 8. The molecule has 4 rings (SSSR count). The lowest BCUT2D eigenvalue weighted by atomic mass is 9.98. The van der Waals surface area contributed by atoms with Crippen molar-refractivity contribution in [1.29, 1.82) is 0 Å². The van der Waals surface area contributed by atoms with Gasteiger partial charge in [0.1, 0.15) is 16.0 Å². The Morgan fingerprint density at radius 2 is 1.35 bits per heavy atom. The number of ketones is 2. The van der Waals surface area contributed by atoms with Gasteiger partial charge in [-0.3, -0.25) is 14.4 Å². The first-order valence-corrected chi connectivity index (χ1v) is 13.6. The molecule has 0 aromatic heterocycles. The summed E-state index contributed by atoms with van der Waals surface area (Å²) in [5.74, 6) is -12.6. The predicted octanol–water partition coefficient (Wildman–Crippen LogP) is 8.83. The number of anilines is 1. The Morgan fingerprint density at radius 1 is 0.791 bits per heavy atom. The highest BCUT2D eigenvalue weighted by atomic mass is 35.5. The van der Waals surface area contributed by atoms with Crippen LogP contribution in [0.15, 0.2) is 36.4 Å². The van der Waals surface area contributed by atoms with Crippen molar-refractivity contribution >= 4 is 81.2 Å². The van der Waals surface area contributed by atoms with E-state index in [2.05, 4.69) is 5.32 Å². The van der Waals surface area contributed by atoms with E-state index in [9.17, 15) is 45.1 Å². The average molecular weight is 710 g/mol. The summed E-state index contributed by atoms with van der Waals surface area (Å²) in [6.45, 7) is 0. The van der Waals surface area contributed by atoms with Crippen LogP contribution in [0.4, 0.5) is 36.4 Å². The van der Waals surface area contributed by atoms with Crippen LogP contribution in [0.5, 0.6) is 0 Å². The van der Waals surface area contributed by atoms with E-state index >= 15 is 0 Å². The summed E-state index contributed by atoms with van der Waals surface area (Å²) in [6, 6.07) is 4.72. The summed E-state index contributed by atoms with van der Waals surface area (Å²) in [7, 11) is 0. The van der Waals surface area contributed by atoms with Gasteiger partial charge in [0.2, 0.25) is 11.7 Å². The maximum Gasteiger partial charge on any atom is 0.450 e. The van der Waals surface area contributed by atoms with Gasteiger partial charge in [-0.2, -0.15) is 13.2 Å². The van der Waals surface area contributed by atoms with Crippen molar-refractivity contribution in [2.24, 2.45) is 5.92 Å². The second kappa shape index (κ2) is 12.1. The number of hydrogen-bond donors (Lipinski definition) is 1. The van der Waals surface area contributed by atoms with E-state index < -0.39 is 98.3 Å². The van der Waals surface area contributed by atoms with Crippen LogP contribution in [0, 0.1) is 29.2 Å². The molecule has 0 heterocycles. The first kappa shape index (κ1) is 33.3. The van der Waals surface area contributed by atoms with E-state index in [4.69, 9.17) is 58.0 Å². The third kappa shape index (κ3) is 6.91. The zero-order valence-electron chi connectivity index (χ0n) is 20.8. The molecule has 0 spiro atoms. The smallest absolute Gasteiger partial charge is 0.326 e. The molecule has 43 heavy (non-hydrogen) atoms. The Balaban J connectivity index is 1.56. The topological polar surface area (TPSA) is 63.2 Å². The predicted molar refractivity (Wildman–Crippen MR) is 146 cm³/mol. The van der Waals surface area contributed by atoms with E-state index in [1.807, 2.05) is 0 Å². The summed E-state index contributed by atoms with van der Waals surface area (Å²) >= 11 is 30.6. The Kier molecular flexibility index (Phi) is 9.36. The van der Waals surface area contributed by atoms with Crippen LogP contribution >= 0.6 is 58.0 Å². The molecule has 1 fully saturated rings. The Bertz CT molecular complexity index is 1660. The highest BCUT2D eigenvalue weighted by Crippen LogP contribution is 2.65. The number of carbonyl (C=O) groups excluding carboxylic acids is 3. The summed E-state index contributed by atoms with van der Waals surface area (Å²) in [6.07, 6.45) is -7.85. The van der Waals surface area contributed by atoms with Gasteiger partial charge in [0.05, 0.1) is 26.5 Å². The summed E-state index contributed by atoms with van der Waals surface area (Å²) < 4.78 is 93.5. The normalized spacial score (nSPS) is 17.5. The van der Waals surface area contributed by atoms with Crippen LogP contribution in [-0.2, 0) is 22.4 Å². The van der Waals surface area contributed by atoms with E-state index in [0.29, 0.717) is 17.7 Å². The van der Waals surface area contributed by atoms with Gasteiger partial charge in [-0.25, -0.2) is 17.6 Å². The third-order valence-corrected chi connectivity index (χ3v) is 8.67. The van der Waals surface area contributed by atoms with Crippen LogP contribution in [0.2, 0.25) is 15.1 Å². The molecule has 3 aromatic rings. The number of amides is 1. The number of halogens is 12. The van der Waals surface area contributed by atoms with Crippen molar-refractivity contribution < 1.29 is 45.1 Å². The van der Waals surface area contributed by atoms with E-state index in [1.54, 1.807) is 0 Å². The van der Waals surface area contributed by atoms with Crippen molar-refractivity contribution in [3.05, 3.63) is 97.0 Å². The summed E-state index contributed by atoms with van der Waals surface area (Å²) in [4.78, 5) is 37.1. The molecule has 4 nitrogen and oxygen atoms in total. The van der Waals surface area contributed by atoms with E-state index in [1.165, 1.54) is 12.1 Å². The van der Waals surface area contributed by atoms with Gasteiger partial charge < -0.3 is 5.32 Å². The second-order valence-corrected chi connectivity index (χ2v) is 12.1. The standard InChI is InChI=1S/C27H13Cl5F7NO3/c28-14-2-11(3-15(29)23(14)30)21-22(26(21,31)32)25(43)40-12-6-13(24(36)18(35)7-12)19(41)4-9-1-10(17(34)8-16(9)33)5-20(42)27(37,38)39/h1-3,6-8,21-22H,4-5H2,(H,40,43)/t21-,22+/m0/s1. The number of Topliss-reactive ketones (excluding diaryl/α,β-unsaturated/α-hetero) is 2. The summed E-state index contributed by atoms with van der Waals surface area (Å²) in [5, 5.41) is 2.42. The molecular weight excluding hydrogens is 697 g/mol. The van der Waals surface area contributed by atoms with Crippen LogP contribution in [0.1, 0.15) is 33.0 Å². The SMILES string of the molecule is O=C(Cc1cc(CC(=O)C(F)(F)F)c(F)cc1F)c1cc(NC(=O)[C@H]2[C@H](c3cc(Cl)c(Cl)c(Cl)c3)C2(Cl)Cl)cc(F)c1F. The lowest BCUT2D eigenvalue weighted by Crippen LogP contribution is -2.25. The molecule has 0 saturated heterocycles. The Morgan fingerprint density at radius 3 is 1.91 bits per heavy atom. The fraction of sp³-hybridized carbons (Fsp3) is 0.222. The monoisotopic (exact) mass is 707 g/mol. The molecule has 2 atom stereocenters. The first-order chi connectivity index (χ1) is 19.8.